The minimum Gasteiger partial charge on any atom is -0.300 e. The number of hydrogen-bond acceptors (Lipinski definition) is 1. The molecule has 0 aliphatic rings. The first-order valence-corrected chi connectivity index (χ1v) is 6.89. The highest BCUT2D eigenvalue weighted by Gasteiger charge is 2.11. The van der Waals surface area contributed by atoms with Crippen LogP contribution >= 0.6 is 0 Å². The largest absolute Gasteiger partial charge is 0.300 e. The molecule has 0 aliphatic heterocycles. The predicted octanol–water partition coefficient (Wildman–Crippen LogP) is 4.72. The van der Waals surface area contributed by atoms with Gasteiger partial charge in [0.25, 0.3) is 0 Å². The first kappa shape index (κ1) is 11.4. The van der Waals surface area contributed by atoms with Gasteiger partial charge in [0.15, 0.2) is 0 Å². The van der Waals surface area contributed by atoms with Crippen molar-refractivity contribution in [1.82, 2.24) is 0 Å². The Morgan fingerprint density at radius 2 is 1.40 bits per heavy atom. The summed E-state index contributed by atoms with van der Waals surface area (Å²) in [5.41, 5.74) is 1.13. The van der Waals surface area contributed by atoms with Gasteiger partial charge in [-0.2, -0.15) is 0 Å². The number of hydrogen-bond donors (Lipinski definition) is 0. The van der Waals surface area contributed by atoms with Gasteiger partial charge in [0.2, 0.25) is 0 Å². The van der Waals surface area contributed by atoms with Gasteiger partial charge in [-0.25, -0.2) is 0 Å². The van der Waals surface area contributed by atoms with Crippen LogP contribution in [0.15, 0.2) is 54.6 Å². The Kier molecular flexibility index (Phi) is 2.31. The van der Waals surface area contributed by atoms with Crippen molar-refractivity contribution >= 4 is 38.1 Å². The fourth-order valence-corrected chi connectivity index (χ4v) is 3.22. The third kappa shape index (κ3) is 1.53. The normalized spacial score (nSPS) is 11.7. The van der Waals surface area contributed by atoms with Crippen LogP contribution in [0.4, 0.5) is 0 Å². The highest BCUT2D eigenvalue weighted by Crippen LogP contribution is 2.35. The van der Waals surface area contributed by atoms with Crippen LogP contribution in [0.1, 0.15) is 12.5 Å². The number of Topliss-reactive ketones (excluding diaryl/α,β-unsaturated/α-hetero) is 1. The summed E-state index contributed by atoms with van der Waals surface area (Å²) in [6.45, 7) is 1.65. The molecule has 0 aromatic heterocycles. The van der Waals surface area contributed by atoms with Gasteiger partial charge in [-0.1, -0.05) is 54.6 Å². The zero-order valence-electron chi connectivity index (χ0n) is 11.3. The third-order valence-electron chi connectivity index (χ3n) is 4.06. The number of carbonyl (C=O) groups excluding carboxylic acids is 1. The molecule has 20 heavy (non-hydrogen) atoms. The van der Waals surface area contributed by atoms with E-state index in [1.54, 1.807) is 6.92 Å². The lowest BCUT2D eigenvalue weighted by atomic mass is 9.91. The number of carbonyl (C=O) groups is 1. The van der Waals surface area contributed by atoms with Gasteiger partial charge in [0.1, 0.15) is 5.78 Å². The Morgan fingerprint density at radius 3 is 2.10 bits per heavy atom. The molecule has 0 amide bonds. The second-order valence-corrected chi connectivity index (χ2v) is 5.46. The molecule has 0 fully saturated rings. The standard InChI is InChI=1S/C19H14O/c1-12(20)11-16-8-7-15-6-5-13-3-2-4-14-9-10-17(16)19(15)18(13)14/h2-10H,11H2,1H3. The predicted molar refractivity (Wildman–Crippen MR) is 84.5 cm³/mol. The van der Waals surface area contributed by atoms with Crippen molar-refractivity contribution in [2.75, 3.05) is 0 Å². The van der Waals surface area contributed by atoms with E-state index in [1.165, 1.54) is 32.3 Å². The van der Waals surface area contributed by atoms with E-state index in [-0.39, 0.29) is 5.78 Å². The molecule has 96 valence electrons. The molecule has 0 spiro atoms. The highest BCUT2D eigenvalue weighted by molar-refractivity contribution is 6.23. The molecule has 0 N–H and O–H groups in total. The lowest BCUT2D eigenvalue weighted by Crippen LogP contribution is -1.97. The Hall–Kier alpha value is -2.41. The molecule has 0 aliphatic carbocycles. The van der Waals surface area contributed by atoms with E-state index >= 15 is 0 Å². The minimum atomic E-state index is 0.208. The van der Waals surface area contributed by atoms with Crippen molar-refractivity contribution in [3.05, 3.63) is 60.2 Å². The van der Waals surface area contributed by atoms with Gasteiger partial charge >= 0.3 is 0 Å². The van der Waals surface area contributed by atoms with Gasteiger partial charge < -0.3 is 0 Å². The van der Waals surface area contributed by atoms with E-state index in [9.17, 15) is 4.79 Å². The summed E-state index contributed by atoms with van der Waals surface area (Å²) in [6, 6.07) is 19.3. The summed E-state index contributed by atoms with van der Waals surface area (Å²) in [6.07, 6.45) is 0.508. The van der Waals surface area contributed by atoms with Crippen molar-refractivity contribution in [2.24, 2.45) is 0 Å². The number of ketones is 1. The molecule has 4 rings (SSSR count). The van der Waals surface area contributed by atoms with E-state index in [0.29, 0.717) is 6.42 Å². The van der Waals surface area contributed by atoms with Crippen molar-refractivity contribution in [3.8, 4) is 0 Å². The van der Waals surface area contributed by atoms with Crippen LogP contribution in [-0.4, -0.2) is 5.78 Å². The maximum atomic E-state index is 11.5. The van der Waals surface area contributed by atoms with Crippen LogP contribution in [-0.2, 0) is 11.2 Å². The topological polar surface area (TPSA) is 17.1 Å². The summed E-state index contributed by atoms with van der Waals surface area (Å²) in [5.74, 6) is 0.208. The quantitative estimate of drug-likeness (QED) is 0.476. The molecular weight excluding hydrogens is 244 g/mol. The molecule has 0 saturated heterocycles. The maximum absolute atomic E-state index is 11.5. The third-order valence-corrected chi connectivity index (χ3v) is 4.06. The summed E-state index contributed by atoms with van der Waals surface area (Å²) in [7, 11) is 0. The van der Waals surface area contributed by atoms with Crippen LogP contribution in [0.2, 0.25) is 0 Å². The number of rotatable bonds is 2. The molecule has 4 aromatic rings. The van der Waals surface area contributed by atoms with Gasteiger partial charge in [0.05, 0.1) is 0 Å². The molecule has 0 bridgehead atoms. The van der Waals surface area contributed by atoms with E-state index < -0.39 is 0 Å². The van der Waals surface area contributed by atoms with Crippen molar-refractivity contribution in [3.63, 3.8) is 0 Å². The second kappa shape index (κ2) is 4.04. The van der Waals surface area contributed by atoms with Gasteiger partial charge in [-0.15, -0.1) is 0 Å². The van der Waals surface area contributed by atoms with Crippen LogP contribution < -0.4 is 0 Å². The molecule has 1 heteroatoms. The zero-order chi connectivity index (χ0) is 13.7. The summed E-state index contributed by atoms with van der Waals surface area (Å²) < 4.78 is 0. The lowest BCUT2D eigenvalue weighted by molar-refractivity contribution is -0.116. The van der Waals surface area contributed by atoms with E-state index in [1.807, 2.05) is 0 Å². The molecule has 0 saturated carbocycles. The summed E-state index contributed by atoms with van der Waals surface area (Å²) >= 11 is 0. The van der Waals surface area contributed by atoms with E-state index in [2.05, 4.69) is 54.6 Å². The van der Waals surface area contributed by atoms with Crippen LogP contribution in [0.25, 0.3) is 32.3 Å². The van der Waals surface area contributed by atoms with Crippen molar-refractivity contribution in [1.29, 1.82) is 0 Å². The molecule has 0 heterocycles. The zero-order valence-corrected chi connectivity index (χ0v) is 11.3. The Bertz CT molecular complexity index is 934. The average Bonchev–Trinajstić information content (AvgIpc) is 2.46. The van der Waals surface area contributed by atoms with Crippen LogP contribution in [0, 0.1) is 0 Å². The lowest BCUT2D eigenvalue weighted by Gasteiger charge is -2.13. The summed E-state index contributed by atoms with van der Waals surface area (Å²) in [4.78, 5) is 11.5. The minimum absolute atomic E-state index is 0.208. The maximum Gasteiger partial charge on any atom is 0.134 e. The van der Waals surface area contributed by atoms with Crippen molar-refractivity contribution in [2.45, 2.75) is 13.3 Å². The first-order chi connectivity index (χ1) is 9.74. The fourth-order valence-electron chi connectivity index (χ4n) is 3.22. The first-order valence-electron chi connectivity index (χ1n) is 6.89. The molecule has 0 unspecified atom stereocenters. The molecule has 0 radical (unpaired) electrons. The average molecular weight is 258 g/mol. The number of benzene rings is 4. The Balaban J connectivity index is 2.23. The molecule has 1 nitrogen and oxygen atoms in total. The highest BCUT2D eigenvalue weighted by atomic mass is 16.1. The van der Waals surface area contributed by atoms with Gasteiger partial charge in [-0.05, 0) is 44.8 Å². The second-order valence-electron chi connectivity index (χ2n) is 5.46. The molecule has 4 aromatic carbocycles. The molecular formula is C19H14O. The fraction of sp³-hybridized carbons (Fsp3) is 0.105. The Morgan fingerprint density at radius 1 is 0.800 bits per heavy atom. The summed E-state index contributed by atoms with van der Waals surface area (Å²) in [5, 5.41) is 7.59. The van der Waals surface area contributed by atoms with E-state index in [4.69, 9.17) is 0 Å². The SMILES string of the molecule is CC(=O)Cc1ccc2ccc3cccc4ccc1c2c34. The Labute approximate surface area is 117 Å². The van der Waals surface area contributed by atoms with Gasteiger partial charge in [0, 0.05) is 6.42 Å². The molecule has 0 atom stereocenters. The van der Waals surface area contributed by atoms with Crippen LogP contribution in [0.3, 0.4) is 0 Å². The van der Waals surface area contributed by atoms with Gasteiger partial charge in [-0.3, -0.25) is 4.79 Å². The van der Waals surface area contributed by atoms with E-state index in [0.717, 1.165) is 5.56 Å². The van der Waals surface area contributed by atoms with Crippen LogP contribution in [0.5, 0.6) is 0 Å². The monoisotopic (exact) mass is 258 g/mol. The van der Waals surface area contributed by atoms with Crippen molar-refractivity contribution < 1.29 is 4.79 Å². The smallest absolute Gasteiger partial charge is 0.134 e.